The molecule has 127 heavy (non-hydrogen) atoms. The van der Waals surface area contributed by atoms with Crippen molar-refractivity contribution in [1.82, 2.24) is 53.6 Å². The zero-order valence-electron chi connectivity index (χ0n) is 69.6. The number of nitrogens with one attached hydrogen (secondary N) is 2. The summed E-state index contributed by atoms with van der Waals surface area (Å²) >= 11 is 5.73. The molecular weight excluding hydrogens is 1720 g/mol. The van der Waals surface area contributed by atoms with Crippen molar-refractivity contribution >= 4 is 158 Å². The van der Waals surface area contributed by atoms with Crippen LogP contribution in [0.4, 0.5) is 34.9 Å². The minimum atomic E-state index is -1.31. The predicted octanol–water partition coefficient (Wildman–Crippen LogP) is 14.5. The Labute approximate surface area is 746 Å². The minimum absolute atomic E-state index is 0.000521. The molecule has 0 bridgehead atoms. The molecule has 13 heterocycles. The van der Waals surface area contributed by atoms with E-state index in [2.05, 4.69) is 55.3 Å². The number of carboxylic acid groups (broad SMARTS) is 1. The van der Waals surface area contributed by atoms with E-state index in [4.69, 9.17) is 51.2 Å². The molecule has 0 spiro atoms. The summed E-state index contributed by atoms with van der Waals surface area (Å²) in [7, 11) is -1.31. The second-order valence-electron chi connectivity index (χ2n) is 30.5. The van der Waals surface area contributed by atoms with E-state index in [0.29, 0.717) is 139 Å². The second-order valence-corrected chi connectivity index (χ2v) is 35.1. The van der Waals surface area contributed by atoms with Crippen molar-refractivity contribution in [2.24, 2.45) is 0 Å². The third kappa shape index (κ3) is 21.3. The van der Waals surface area contributed by atoms with Gasteiger partial charge in [0, 0.05) is 143 Å². The number of nitrogens with two attached hydrogens (primary N) is 1. The Kier molecular flexibility index (Phi) is 30.1. The van der Waals surface area contributed by atoms with Crippen LogP contribution in [0, 0.1) is 40.6 Å². The van der Waals surface area contributed by atoms with Gasteiger partial charge in [0.15, 0.2) is 39.5 Å². The summed E-state index contributed by atoms with van der Waals surface area (Å²) < 4.78 is 40.9. The van der Waals surface area contributed by atoms with Crippen molar-refractivity contribution in [3.8, 4) is 40.5 Å². The summed E-state index contributed by atoms with van der Waals surface area (Å²) in [4.78, 5) is 125. The molecule has 13 aromatic rings. The lowest BCUT2D eigenvalue weighted by atomic mass is 10.1. The molecule has 11 aromatic heterocycles. The fourth-order valence-electron chi connectivity index (χ4n) is 16.0. The number of morpholine rings is 2. The predicted molar refractivity (Wildman–Crippen MR) is 492 cm³/mol. The molecule has 33 nitrogen and oxygen atoms in total. The summed E-state index contributed by atoms with van der Waals surface area (Å²) in [5.74, 6) is 1.16. The van der Waals surface area contributed by atoms with Crippen LogP contribution in [0.5, 0.6) is 0 Å². The van der Waals surface area contributed by atoms with Crippen molar-refractivity contribution in [2.45, 2.75) is 142 Å². The zero-order chi connectivity index (χ0) is 89.2. The highest BCUT2D eigenvalue weighted by Gasteiger charge is 2.29. The van der Waals surface area contributed by atoms with Crippen molar-refractivity contribution in [1.29, 1.82) is 15.8 Å². The molecule has 4 saturated carbocycles. The molecule has 6 aliphatic rings. The number of nitrogens with zero attached hydrogens (tertiary/aromatic N) is 17. The molecule has 2 aliphatic heterocycles. The first-order chi connectivity index (χ1) is 61.8. The highest BCUT2D eigenvalue weighted by molar-refractivity contribution is 7.98. The van der Waals surface area contributed by atoms with Gasteiger partial charge in [-0.05, 0) is 117 Å². The van der Waals surface area contributed by atoms with Gasteiger partial charge >= 0.3 is 12.5 Å². The van der Waals surface area contributed by atoms with E-state index in [9.17, 15) is 43.0 Å². The third-order valence-corrected chi connectivity index (χ3v) is 26.1. The van der Waals surface area contributed by atoms with Crippen LogP contribution in [-0.4, -0.2) is 159 Å². The zero-order valence-corrected chi connectivity index (χ0v) is 73.7. The number of thiophene rings is 2. The molecule has 2 aromatic carbocycles. The maximum atomic E-state index is 13.1. The molecule has 19 rings (SSSR count). The smallest absolute Gasteiger partial charge is 0.384 e. The lowest BCUT2D eigenvalue weighted by Gasteiger charge is -2.27. The number of rotatable bonds is 16. The Hall–Kier alpha value is -12.9. The topological polar surface area (TPSA) is 452 Å². The number of hydrogen-bond donors (Lipinski definition) is 4. The standard InChI is InChI=1S/C30H26N6O4S.C17H16N2O3S.C14H14N4O2S.C14H14N4OS.C11H15N3OS.C3H3NO2/c31-15-19-13-20-16-32-30(34-28(20)36(29(19)38)22-3-1-2-4-22)33-21-7-5-18(6-8-21)23-17-41-27-24(37)14-25(40-26(23)27)35-9-11-39-12-10-35;18-12-3-1-11(2-4-12)13-10-23-17-14(20)9-15(22-16(13)17)19-5-7-21-8-6-19;1-21(20)14-16-8-10-6-9(7-15)13(19)18(12(10)17-14)11-4-2-3-5-11;1-20-14-16-8-10-6-9(7-15)13(19)18(12(10)17-14)11-4-2-3-5-11;1-16-11-12-6-8(7-15)10(14-11)13-9-4-2-3-5-9;1-4-2-3(5)6/h5-8,13-14,16-17,22H,1-4,9-12H2,(H,32,33,34);1-4,9-10H,5-8,18H2;6,8,11H,2-5H2,1H3;6,8,11H,2-5H2,1H3;6-7,9H,2-5H2,1H3,(H,12,13,14);2H2,(H,5,6). The fourth-order valence-corrected chi connectivity index (χ4v) is 19.0. The number of carbonyl (C=O) groups excluding carboxylic acids is 1. The van der Waals surface area contributed by atoms with E-state index in [1.165, 1.54) is 77.6 Å². The maximum Gasteiger partial charge on any atom is 0.384 e. The number of aliphatic carboxylic acids is 1. The number of aldehydes is 1. The number of thioether (sulfide) groups is 2. The van der Waals surface area contributed by atoms with E-state index < -0.39 is 23.3 Å². The van der Waals surface area contributed by atoms with Crippen LogP contribution in [0.25, 0.3) is 80.8 Å². The van der Waals surface area contributed by atoms with Crippen LogP contribution in [-0.2, 0) is 25.1 Å². The quantitative estimate of drug-likeness (QED) is 0.0229. The lowest BCUT2D eigenvalue weighted by molar-refractivity contribution is -0.134. The molecule has 1 atom stereocenters. The van der Waals surface area contributed by atoms with E-state index in [1.54, 1.807) is 56.6 Å². The minimum Gasteiger partial charge on any atom is -0.476 e. The molecular formula is C89H88N20O13S5. The SMILES string of the molecule is CS(=O)c1ncc2cc(C#N)c(=O)n(C3CCCC3)c2n1.CSc1ncc(C=O)c(NC2CCCC2)n1.CSc1ncc2cc(C#N)c(=O)n(C3CCCC3)c2n1.N#Cc1cc2cnc(Nc3ccc(-c4csc5c(=O)cc(N6CCOCC6)oc45)cc3)nc2n(C2CCCC2)c1=O.Nc1ccc(-c2csc3c(=O)cc(N4CCOCC4)oc23)cc1.[C-]#[N+]CC(=O)O. The number of fused-ring (bicyclic) bond motifs is 5. The van der Waals surface area contributed by atoms with Crippen LogP contribution in [0.1, 0.15) is 148 Å². The van der Waals surface area contributed by atoms with Crippen LogP contribution in [0.2, 0.25) is 0 Å². The molecule has 6 fully saturated rings. The number of aromatic nitrogens is 11. The van der Waals surface area contributed by atoms with Gasteiger partial charge in [0.25, 0.3) is 16.7 Å². The molecule has 0 amide bonds. The first kappa shape index (κ1) is 90.3. The Balaban J connectivity index is 0.000000132. The van der Waals surface area contributed by atoms with Gasteiger partial charge in [-0.25, -0.2) is 46.3 Å². The Morgan fingerprint density at radius 2 is 1.01 bits per heavy atom. The van der Waals surface area contributed by atoms with Crippen LogP contribution < -0.4 is 53.7 Å². The fraction of sp³-hybridized carbons (Fsp3) is 0.360. The monoisotopic (exact) mass is 1800 g/mol. The molecule has 1 unspecified atom stereocenters. The van der Waals surface area contributed by atoms with Gasteiger partial charge in [0.05, 0.1) is 42.8 Å². The van der Waals surface area contributed by atoms with Crippen molar-refractivity contribution < 1.29 is 37.2 Å². The molecule has 5 N–H and O–H groups in total. The van der Waals surface area contributed by atoms with E-state index in [1.807, 2.05) is 94.9 Å². The Morgan fingerprint density at radius 3 is 1.43 bits per heavy atom. The van der Waals surface area contributed by atoms with Gasteiger partial charge in [0.2, 0.25) is 22.0 Å². The van der Waals surface area contributed by atoms with Crippen LogP contribution >= 0.6 is 46.2 Å². The summed E-state index contributed by atoms with van der Waals surface area (Å²) in [5.41, 5.74) is 13.9. The number of benzene rings is 2. The van der Waals surface area contributed by atoms with Gasteiger partial charge in [-0.1, -0.05) is 99.2 Å². The average Bonchev–Trinajstić information content (AvgIpc) is 1.77. The van der Waals surface area contributed by atoms with Crippen LogP contribution in [0.3, 0.4) is 0 Å². The largest absolute Gasteiger partial charge is 0.476 e. The van der Waals surface area contributed by atoms with Gasteiger partial charge in [0.1, 0.15) is 67.1 Å². The van der Waals surface area contributed by atoms with Gasteiger partial charge in [-0.2, -0.15) is 20.8 Å². The number of nitriles is 3. The number of carbonyl (C=O) groups is 2. The summed E-state index contributed by atoms with van der Waals surface area (Å²) in [6, 6.07) is 29.8. The molecule has 0 radical (unpaired) electrons. The summed E-state index contributed by atoms with van der Waals surface area (Å²) in [6.07, 6.45) is 29.5. The third-order valence-electron chi connectivity index (χ3n) is 22.3. The number of carboxylic acids is 1. The van der Waals surface area contributed by atoms with Gasteiger partial charge < -0.3 is 54.4 Å². The van der Waals surface area contributed by atoms with Crippen LogP contribution in [0.15, 0.2) is 163 Å². The highest BCUT2D eigenvalue weighted by atomic mass is 32.2. The van der Waals surface area contributed by atoms with Gasteiger partial charge in [-0.3, -0.25) is 46.7 Å². The first-order valence-electron chi connectivity index (χ1n) is 41.3. The number of nitrogen functional groups attached to an aromatic ring is 1. The number of pyridine rings is 3. The average molecular weight is 1810 g/mol. The molecule has 4 aliphatic carbocycles. The maximum absolute atomic E-state index is 13.1. The summed E-state index contributed by atoms with van der Waals surface area (Å²) in [5, 5.41) is 49.6. The second kappa shape index (κ2) is 42.4. The van der Waals surface area contributed by atoms with Crippen molar-refractivity contribution in [3.05, 3.63) is 200 Å². The molecule has 652 valence electrons. The number of anilines is 6. The summed E-state index contributed by atoms with van der Waals surface area (Å²) in [6.45, 7) is 10.9. The normalized spacial score (nSPS) is 15.5. The van der Waals surface area contributed by atoms with Crippen molar-refractivity contribution in [3.63, 3.8) is 0 Å². The lowest BCUT2D eigenvalue weighted by Crippen LogP contribution is -2.36. The van der Waals surface area contributed by atoms with Crippen molar-refractivity contribution in [2.75, 3.05) is 104 Å². The molecule has 38 heteroatoms. The number of hydrogen-bond acceptors (Lipinski definition) is 32. The number of ether oxygens (including phenoxy) is 2. The van der Waals surface area contributed by atoms with E-state index in [-0.39, 0.29) is 67.5 Å². The Bertz CT molecular complexity index is 6750. The highest BCUT2D eigenvalue weighted by Crippen LogP contribution is 2.39. The van der Waals surface area contributed by atoms with Gasteiger partial charge in [-0.15, -0.1) is 22.7 Å². The Morgan fingerprint density at radius 1 is 0.591 bits per heavy atom. The first-order valence-corrected chi connectivity index (χ1v) is 47.1. The van der Waals surface area contributed by atoms with E-state index in [0.717, 1.165) is 143 Å². The molecule has 2 saturated heterocycles. The van der Waals surface area contributed by atoms with E-state index >= 15 is 0 Å².